The summed E-state index contributed by atoms with van der Waals surface area (Å²) in [5, 5.41) is 5.66. The molecule has 0 fully saturated rings. The van der Waals surface area contributed by atoms with Crippen molar-refractivity contribution in [2.75, 3.05) is 11.9 Å². The van der Waals surface area contributed by atoms with Gasteiger partial charge in [-0.3, -0.25) is 4.79 Å². The molecule has 0 saturated heterocycles. The summed E-state index contributed by atoms with van der Waals surface area (Å²) in [6, 6.07) is 6.13. The maximum Gasteiger partial charge on any atom is 0.387 e. The Morgan fingerprint density at radius 2 is 2.05 bits per heavy atom. The molecule has 0 aromatic heterocycles. The van der Waals surface area contributed by atoms with E-state index >= 15 is 0 Å². The van der Waals surface area contributed by atoms with Gasteiger partial charge in [0.25, 0.3) is 0 Å². The van der Waals surface area contributed by atoms with Crippen LogP contribution in [0.25, 0.3) is 0 Å². The summed E-state index contributed by atoms with van der Waals surface area (Å²) in [6.07, 6.45) is 0.261. The highest BCUT2D eigenvalue weighted by Gasteiger charge is 2.13. The number of ether oxygens (including phenoxy) is 1. The largest absolute Gasteiger partial charge is 0.433 e. The topological polar surface area (TPSA) is 50.4 Å². The number of nitrogens with one attached hydrogen (secondary N) is 2. The van der Waals surface area contributed by atoms with E-state index in [2.05, 4.69) is 15.4 Å². The molecule has 0 heterocycles. The summed E-state index contributed by atoms with van der Waals surface area (Å²) < 4.78 is 28.7. The third-order valence-corrected chi connectivity index (χ3v) is 2.42. The summed E-state index contributed by atoms with van der Waals surface area (Å²) in [5.74, 6) is -0.291. The fourth-order valence-electron chi connectivity index (χ4n) is 1.67. The van der Waals surface area contributed by atoms with Gasteiger partial charge in [0.2, 0.25) is 5.91 Å². The number of rotatable bonds is 7. The molecule has 0 spiro atoms. The first-order valence-electron chi connectivity index (χ1n) is 6.10. The van der Waals surface area contributed by atoms with E-state index in [9.17, 15) is 13.6 Å². The van der Waals surface area contributed by atoms with Gasteiger partial charge in [0.1, 0.15) is 5.75 Å². The maximum absolute atomic E-state index is 12.2. The highest BCUT2D eigenvalue weighted by Crippen LogP contribution is 2.25. The molecule has 106 valence electrons. The van der Waals surface area contributed by atoms with Crippen molar-refractivity contribution >= 4 is 11.6 Å². The molecule has 0 saturated carbocycles. The highest BCUT2D eigenvalue weighted by atomic mass is 19.3. The molecule has 0 aliphatic heterocycles. The number of amides is 1. The van der Waals surface area contributed by atoms with Gasteiger partial charge in [0.05, 0.1) is 5.69 Å². The van der Waals surface area contributed by atoms with Crippen LogP contribution < -0.4 is 15.4 Å². The second-order valence-electron chi connectivity index (χ2n) is 4.09. The molecular formula is C13H18F2N2O2. The monoisotopic (exact) mass is 272 g/mol. The third-order valence-electron chi connectivity index (χ3n) is 2.42. The SMILES string of the molecule is CCNC(C)CC(=O)Nc1ccccc1OC(F)F. The lowest BCUT2D eigenvalue weighted by atomic mass is 10.2. The van der Waals surface area contributed by atoms with E-state index in [1.807, 2.05) is 13.8 Å². The van der Waals surface area contributed by atoms with Gasteiger partial charge in [0, 0.05) is 12.5 Å². The zero-order valence-electron chi connectivity index (χ0n) is 11.0. The van der Waals surface area contributed by atoms with Crippen LogP contribution in [-0.4, -0.2) is 25.1 Å². The standard InChI is InChI=1S/C13H18F2N2O2/c1-3-16-9(2)8-12(18)17-10-6-4-5-7-11(10)19-13(14)15/h4-7,9,13,16H,3,8H2,1-2H3,(H,17,18). The predicted octanol–water partition coefficient (Wildman–Crippen LogP) is 2.61. The van der Waals surface area contributed by atoms with Crippen LogP contribution >= 0.6 is 0 Å². The lowest BCUT2D eigenvalue weighted by Crippen LogP contribution is -2.30. The minimum Gasteiger partial charge on any atom is -0.433 e. The van der Waals surface area contributed by atoms with Crippen LogP contribution in [-0.2, 0) is 4.79 Å². The van der Waals surface area contributed by atoms with Crippen molar-refractivity contribution < 1.29 is 18.3 Å². The smallest absolute Gasteiger partial charge is 0.387 e. The molecule has 2 N–H and O–H groups in total. The van der Waals surface area contributed by atoms with Crippen molar-refractivity contribution in [1.29, 1.82) is 0 Å². The van der Waals surface area contributed by atoms with Crippen molar-refractivity contribution in [2.24, 2.45) is 0 Å². The second kappa shape index (κ2) is 7.68. The van der Waals surface area contributed by atoms with Crippen molar-refractivity contribution in [2.45, 2.75) is 32.9 Å². The van der Waals surface area contributed by atoms with Crippen LogP contribution in [0.3, 0.4) is 0 Å². The van der Waals surface area contributed by atoms with E-state index in [0.717, 1.165) is 6.54 Å². The zero-order valence-corrected chi connectivity index (χ0v) is 11.0. The van der Waals surface area contributed by atoms with Crippen LogP contribution in [0.1, 0.15) is 20.3 Å². The van der Waals surface area contributed by atoms with Crippen molar-refractivity contribution in [3.63, 3.8) is 0 Å². The Labute approximate surface area is 111 Å². The summed E-state index contributed by atoms with van der Waals surface area (Å²) in [7, 11) is 0. The Bertz CT molecular complexity index is 413. The van der Waals surface area contributed by atoms with Crippen LogP contribution in [0.15, 0.2) is 24.3 Å². The van der Waals surface area contributed by atoms with Gasteiger partial charge < -0.3 is 15.4 Å². The molecule has 0 radical (unpaired) electrons. The van der Waals surface area contributed by atoms with Gasteiger partial charge in [-0.05, 0) is 25.6 Å². The average molecular weight is 272 g/mol. The molecule has 0 aliphatic rings. The Morgan fingerprint density at radius 1 is 1.37 bits per heavy atom. The van der Waals surface area contributed by atoms with Gasteiger partial charge in [-0.15, -0.1) is 0 Å². The van der Waals surface area contributed by atoms with Crippen molar-refractivity contribution in [1.82, 2.24) is 5.32 Å². The minimum atomic E-state index is -2.92. The summed E-state index contributed by atoms with van der Waals surface area (Å²) in [6.45, 7) is 1.67. The zero-order chi connectivity index (χ0) is 14.3. The van der Waals surface area contributed by atoms with Crippen molar-refractivity contribution in [3.05, 3.63) is 24.3 Å². The Hall–Kier alpha value is -1.69. The van der Waals surface area contributed by atoms with Crippen molar-refractivity contribution in [3.8, 4) is 5.75 Å². The quantitative estimate of drug-likeness (QED) is 0.802. The van der Waals surface area contributed by atoms with Gasteiger partial charge in [-0.25, -0.2) is 0 Å². The number of benzene rings is 1. The molecule has 1 amide bonds. The minimum absolute atomic E-state index is 0.0215. The normalized spacial score (nSPS) is 12.3. The predicted molar refractivity (Wildman–Crippen MR) is 69.5 cm³/mol. The van der Waals surface area contributed by atoms with Gasteiger partial charge in [-0.1, -0.05) is 19.1 Å². The number of para-hydroxylation sites is 2. The summed E-state index contributed by atoms with van der Waals surface area (Å²) in [5.41, 5.74) is 0.247. The van der Waals surface area contributed by atoms with Crippen LogP contribution in [0, 0.1) is 0 Å². The number of hydrogen-bond donors (Lipinski definition) is 2. The highest BCUT2D eigenvalue weighted by molar-refractivity contribution is 5.92. The number of carbonyl (C=O) groups is 1. The number of hydrogen-bond acceptors (Lipinski definition) is 3. The van der Waals surface area contributed by atoms with E-state index in [0.29, 0.717) is 0 Å². The van der Waals surface area contributed by atoms with Crippen LogP contribution in [0.5, 0.6) is 5.75 Å². The molecule has 1 aromatic rings. The summed E-state index contributed by atoms with van der Waals surface area (Å²) >= 11 is 0. The molecule has 1 atom stereocenters. The Kier molecular flexibility index (Phi) is 6.21. The van der Waals surface area contributed by atoms with E-state index in [4.69, 9.17) is 0 Å². The molecule has 0 bridgehead atoms. The molecule has 19 heavy (non-hydrogen) atoms. The van der Waals surface area contributed by atoms with E-state index < -0.39 is 6.61 Å². The number of alkyl halides is 2. The first kappa shape index (κ1) is 15.4. The average Bonchev–Trinajstić information content (AvgIpc) is 2.31. The lowest BCUT2D eigenvalue weighted by Gasteiger charge is -2.14. The first-order valence-corrected chi connectivity index (χ1v) is 6.10. The summed E-state index contributed by atoms with van der Waals surface area (Å²) in [4.78, 5) is 11.7. The van der Waals surface area contributed by atoms with Crippen LogP contribution in [0.2, 0.25) is 0 Å². The molecule has 6 heteroatoms. The van der Waals surface area contributed by atoms with Crippen LogP contribution in [0.4, 0.5) is 14.5 Å². The molecule has 1 rings (SSSR count). The fourth-order valence-corrected chi connectivity index (χ4v) is 1.67. The number of halogens is 2. The lowest BCUT2D eigenvalue weighted by molar-refractivity contribution is -0.116. The third kappa shape index (κ3) is 5.65. The van der Waals surface area contributed by atoms with E-state index in [1.54, 1.807) is 12.1 Å². The molecule has 4 nitrogen and oxygen atoms in total. The van der Waals surface area contributed by atoms with E-state index in [-0.39, 0.29) is 29.8 Å². The molecule has 1 unspecified atom stereocenters. The molecular weight excluding hydrogens is 254 g/mol. The second-order valence-corrected chi connectivity index (χ2v) is 4.09. The van der Waals surface area contributed by atoms with Gasteiger partial charge in [0.15, 0.2) is 0 Å². The van der Waals surface area contributed by atoms with E-state index in [1.165, 1.54) is 12.1 Å². The van der Waals surface area contributed by atoms with Gasteiger partial charge >= 0.3 is 6.61 Å². The fraction of sp³-hybridized carbons (Fsp3) is 0.462. The molecule has 1 aromatic carbocycles. The first-order chi connectivity index (χ1) is 9.02. The Morgan fingerprint density at radius 3 is 2.68 bits per heavy atom. The Balaban J connectivity index is 2.63. The number of carbonyl (C=O) groups excluding carboxylic acids is 1. The molecule has 0 aliphatic carbocycles. The number of anilines is 1. The maximum atomic E-state index is 12.2. The van der Waals surface area contributed by atoms with Gasteiger partial charge in [-0.2, -0.15) is 8.78 Å².